The first-order valence-electron chi connectivity index (χ1n) is 14.1. The van der Waals surface area contributed by atoms with E-state index in [1.807, 2.05) is 36.4 Å². The van der Waals surface area contributed by atoms with Gasteiger partial charge in [0.15, 0.2) is 0 Å². The molecule has 3 aromatic rings. The van der Waals surface area contributed by atoms with Gasteiger partial charge in [0.05, 0.1) is 13.0 Å². The molecule has 1 saturated carbocycles. The van der Waals surface area contributed by atoms with E-state index in [4.69, 9.17) is 27.2 Å². The fraction of sp³-hybridized carbons (Fsp3) is 0.406. The van der Waals surface area contributed by atoms with Gasteiger partial charge in [0.2, 0.25) is 5.91 Å². The first-order chi connectivity index (χ1) is 19.7. The zero-order valence-corrected chi connectivity index (χ0v) is 24.7. The van der Waals surface area contributed by atoms with E-state index in [1.165, 1.54) is 61.1 Å². The molecule has 41 heavy (non-hydrogen) atoms. The van der Waals surface area contributed by atoms with Gasteiger partial charge in [-0.2, -0.15) is 0 Å². The van der Waals surface area contributed by atoms with Crippen LogP contribution in [0.1, 0.15) is 50.5 Å². The van der Waals surface area contributed by atoms with Crippen molar-refractivity contribution in [3.8, 4) is 16.9 Å². The maximum Gasteiger partial charge on any atom is 0.281 e. The van der Waals surface area contributed by atoms with Gasteiger partial charge in [-0.05, 0) is 84.7 Å². The molecule has 1 unspecified atom stereocenters. The van der Waals surface area contributed by atoms with Crippen molar-refractivity contribution in [3.05, 3.63) is 83.4 Å². The minimum atomic E-state index is -3.21. The Morgan fingerprint density at radius 3 is 2.10 bits per heavy atom. The van der Waals surface area contributed by atoms with Gasteiger partial charge in [-0.15, -0.1) is 0 Å². The summed E-state index contributed by atoms with van der Waals surface area (Å²) in [6.45, 7) is 1.67. The quantitative estimate of drug-likeness (QED) is 0.259. The van der Waals surface area contributed by atoms with E-state index >= 15 is 0 Å². The fourth-order valence-electron chi connectivity index (χ4n) is 5.15. The molecule has 220 valence electrons. The van der Waals surface area contributed by atoms with E-state index in [0.717, 1.165) is 34.3 Å². The molecule has 4 N–H and O–H groups in total. The van der Waals surface area contributed by atoms with Crippen LogP contribution in [0.15, 0.2) is 77.7 Å². The third kappa shape index (κ3) is 9.43. The number of rotatable bonds is 8. The number of hydrogen-bond acceptors (Lipinski definition) is 5. The van der Waals surface area contributed by atoms with Gasteiger partial charge in [-0.1, -0.05) is 67.3 Å². The molecule has 2 fully saturated rings. The monoisotopic (exact) mass is 601 g/mol. The summed E-state index contributed by atoms with van der Waals surface area (Å²) in [6.07, 6.45) is 6.63. The molecule has 9 heteroatoms. The number of nitrogens with zero attached hydrogens (tertiary/aromatic N) is 1. The summed E-state index contributed by atoms with van der Waals surface area (Å²) >= 11 is 7.12. The fourth-order valence-corrected chi connectivity index (χ4v) is 5.57. The summed E-state index contributed by atoms with van der Waals surface area (Å²) in [5.41, 5.74) is 7.27. The van der Waals surface area contributed by atoms with Gasteiger partial charge in [0.25, 0.3) is 5.92 Å². The number of benzene rings is 3. The Bertz CT molecular complexity index is 1240. The first-order valence-corrected chi connectivity index (χ1v) is 15.4. The minimum absolute atomic E-state index is 0.115. The molecule has 0 radical (unpaired) electrons. The molecule has 3 aromatic carbocycles. The topological polar surface area (TPSA) is 81.6 Å². The van der Waals surface area contributed by atoms with E-state index in [9.17, 15) is 13.6 Å². The number of carbonyl (C=O) groups is 1. The number of likely N-dealkylation sites (tertiary alicyclic amines) is 1. The van der Waals surface area contributed by atoms with Crippen molar-refractivity contribution >= 4 is 29.5 Å². The average molecular weight is 602 g/mol. The van der Waals surface area contributed by atoms with E-state index in [0.29, 0.717) is 24.5 Å². The summed E-state index contributed by atoms with van der Waals surface area (Å²) in [5.74, 6) is -2.04. The van der Waals surface area contributed by atoms with E-state index < -0.39 is 18.3 Å². The van der Waals surface area contributed by atoms with Gasteiger partial charge >= 0.3 is 0 Å². The number of nitrogens with two attached hydrogens (primary N) is 2. The Balaban J connectivity index is 0.000000208. The molecular formula is C32H38ClF2N3O2S. The van der Waals surface area contributed by atoms with E-state index in [-0.39, 0.29) is 11.6 Å². The largest absolute Gasteiger partial charge is 0.493 e. The second-order valence-electron chi connectivity index (χ2n) is 10.8. The van der Waals surface area contributed by atoms with E-state index in [1.54, 1.807) is 24.3 Å². The SMILES string of the molecule is NC1CCN(C(=O)CC(F)(F)c2ccc(-c3ccc(Cl)cc3)cc2)C1.NSc1ccc(OCC2CCCCC2)cc1. The third-order valence-electron chi connectivity index (χ3n) is 7.61. The highest BCUT2D eigenvalue weighted by Gasteiger charge is 2.37. The van der Waals surface area contributed by atoms with Crippen molar-refractivity contribution < 1.29 is 18.3 Å². The molecule has 1 amide bonds. The summed E-state index contributed by atoms with van der Waals surface area (Å²) in [6, 6.07) is 21.0. The smallest absolute Gasteiger partial charge is 0.281 e. The lowest BCUT2D eigenvalue weighted by atomic mass is 9.90. The van der Waals surface area contributed by atoms with Crippen molar-refractivity contribution in [3.63, 3.8) is 0 Å². The number of carbonyl (C=O) groups excluding carboxylic acids is 1. The average Bonchev–Trinajstić information content (AvgIpc) is 3.44. The van der Waals surface area contributed by atoms with Gasteiger partial charge in [0, 0.05) is 34.6 Å². The van der Waals surface area contributed by atoms with Crippen molar-refractivity contribution in [1.82, 2.24) is 4.90 Å². The van der Waals surface area contributed by atoms with Crippen LogP contribution in [0.5, 0.6) is 5.75 Å². The zero-order valence-electron chi connectivity index (χ0n) is 23.1. The molecule has 1 aliphatic carbocycles. The molecule has 0 aromatic heterocycles. The molecule has 5 rings (SSSR count). The van der Waals surface area contributed by atoms with Crippen molar-refractivity contribution in [1.29, 1.82) is 0 Å². The Labute approximate surface area is 250 Å². The van der Waals surface area contributed by atoms with Crippen molar-refractivity contribution in [2.24, 2.45) is 16.8 Å². The van der Waals surface area contributed by atoms with Gasteiger partial charge in [-0.25, -0.2) is 8.78 Å². The lowest BCUT2D eigenvalue weighted by Gasteiger charge is -2.21. The first kappa shape index (κ1) is 31.3. The van der Waals surface area contributed by atoms with Gasteiger partial charge in [0.1, 0.15) is 5.75 Å². The Hall–Kier alpha value is -2.65. The van der Waals surface area contributed by atoms with Crippen LogP contribution in [0, 0.1) is 5.92 Å². The van der Waals surface area contributed by atoms with Crippen LogP contribution in [0.3, 0.4) is 0 Å². The van der Waals surface area contributed by atoms with Crippen LogP contribution in [-0.2, 0) is 10.7 Å². The highest BCUT2D eigenvalue weighted by molar-refractivity contribution is 7.97. The molecule has 0 spiro atoms. The van der Waals surface area contributed by atoms with Crippen LogP contribution in [0.2, 0.25) is 5.02 Å². The number of alkyl halides is 2. The molecule has 2 aliphatic rings. The third-order valence-corrected chi connectivity index (χ3v) is 8.40. The number of hydrogen-bond donors (Lipinski definition) is 2. The van der Waals surface area contributed by atoms with Gasteiger partial charge < -0.3 is 15.4 Å². The summed E-state index contributed by atoms with van der Waals surface area (Å²) in [7, 11) is 0. The van der Waals surface area contributed by atoms with Crippen LogP contribution in [0.25, 0.3) is 11.1 Å². The van der Waals surface area contributed by atoms with Crippen LogP contribution in [-0.4, -0.2) is 36.5 Å². The molecular weight excluding hydrogens is 564 g/mol. The zero-order chi connectivity index (χ0) is 29.2. The van der Waals surface area contributed by atoms with Gasteiger partial charge in [-0.3, -0.25) is 9.93 Å². The maximum atomic E-state index is 14.4. The van der Waals surface area contributed by atoms with Crippen LogP contribution in [0.4, 0.5) is 8.78 Å². The highest BCUT2D eigenvalue weighted by atomic mass is 35.5. The lowest BCUT2D eigenvalue weighted by Crippen LogP contribution is -2.35. The standard InChI is InChI=1S/C19H19ClF2N2O.C13H19NOS/c20-16-7-3-14(4-8-16)13-1-5-15(6-2-13)19(21,22)11-18(25)24-10-9-17(23)12-24;14-16-13-8-6-12(7-9-13)15-10-11-4-2-1-3-5-11/h1-8,17H,9-12,23H2;6-9,11H,1-5,10,14H2. The predicted molar refractivity (Wildman–Crippen MR) is 163 cm³/mol. The molecule has 5 nitrogen and oxygen atoms in total. The molecule has 1 atom stereocenters. The Kier molecular flexibility index (Phi) is 11.5. The predicted octanol–water partition coefficient (Wildman–Crippen LogP) is 7.66. The minimum Gasteiger partial charge on any atom is -0.493 e. The highest BCUT2D eigenvalue weighted by Crippen LogP contribution is 2.34. The Morgan fingerprint density at radius 1 is 0.927 bits per heavy atom. The summed E-state index contributed by atoms with van der Waals surface area (Å²) in [5, 5.41) is 6.08. The van der Waals surface area contributed by atoms with Crippen molar-refractivity contribution in [2.75, 3.05) is 19.7 Å². The second-order valence-corrected chi connectivity index (χ2v) is 11.9. The summed E-state index contributed by atoms with van der Waals surface area (Å²) < 4.78 is 34.7. The second kappa shape index (κ2) is 15.0. The lowest BCUT2D eigenvalue weighted by molar-refractivity contribution is -0.138. The Morgan fingerprint density at radius 2 is 1.54 bits per heavy atom. The van der Waals surface area contributed by atoms with E-state index in [2.05, 4.69) is 0 Å². The summed E-state index contributed by atoms with van der Waals surface area (Å²) in [4.78, 5) is 14.6. The molecule has 1 aliphatic heterocycles. The van der Waals surface area contributed by atoms with Crippen LogP contribution < -0.4 is 15.6 Å². The van der Waals surface area contributed by atoms with Crippen LogP contribution >= 0.6 is 23.5 Å². The number of halogens is 3. The molecule has 1 saturated heterocycles. The van der Waals surface area contributed by atoms with Crippen molar-refractivity contribution in [2.45, 2.75) is 61.8 Å². The molecule has 0 bridgehead atoms. The maximum absolute atomic E-state index is 14.4. The normalized spacial score (nSPS) is 17.6. The number of ether oxygens (including phenoxy) is 1. The molecule has 1 heterocycles. The number of amides is 1.